The fourth-order valence-electron chi connectivity index (χ4n) is 2.72. The van der Waals surface area contributed by atoms with Gasteiger partial charge < -0.3 is 15.5 Å². The standard InChI is InChI=1S/C16H25N3O2S/c1-13-6-2-3-9-19(13)10-5-8-17-15(20)12-18-16(21)14-7-4-11-22-14/h4,7,11,13H,2-3,5-6,8-10,12H2,1H3,(H,17,20)(H,18,21). The van der Waals surface area contributed by atoms with Crippen LogP contribution in [0, 0.1) is 0 Å². The van der Waals surface area contributed by atoms with Crippen molar-refractivity contribution in [3.8, 4) is 0 Å². The topological polar surface area (TPSA) is 61.4 Å². The molecular weight excluding hydrogens is 298 g/mol. The van der Waals surface area contributed by atoms with Crippen LogP contribution in [-0.4, -0.2) is 48.9 Å². The number of nitrogens with zero attached hydrogens (tertiary/aromatic N) is 1. The maximum Gasteiger partial charge on any atom is 0.261 e. The third-order valence-electron chi connectivity index (χ3n) is 4.04. The summed E-state index contributed by atoms with van der Waals surface area (Å²) in [5, 5.41) is 7.34. The smallest absolute Gasteiger partial charge is 0.261 e. The summed E-state index contributed by atoms with van der Waals surface area (Å²) in [5.74, 6) is -0.316. The Labute approximate surface area is 136 Å². The van der Waals surface area contributed by atoms with Gasteiger partial charge in [0.2, 0.25) is 5.91 Å². The van der Waals surface area contributed by atoms with Gasteiger partial charge in [-0.05, 0) is 44.2 Å². The van der Waals surface area contributed by atoms with Gasteiger partial charge in [0.05, 0.1) is 11.4 Å². The molecule has 1 aliphatic rings. The van der Waals surface area contributed by atoms with Crippen LogP contribution in [0.2, 0.25) is 0 Å². The van der Waals surface area contributed by atoms with Gasteiger partial charge in [0.15, 0.2) is 0 Å². The van der Waals surface area contributed by atoms with E-state index in [1.54, 1.807) is 6.07 Å². The fraction of sp³-hybridized carbons (Fsp3) is 0.625. The second-order valence-electron chi connectivity index (χ2n) is 5.74. The molecule has 2 amide bonds. The zero-order valence-corrected chi connectivity index (χ0v) is 14.0. The molecule has 2 N–H and O–H groups in total. The lowest BCUT2D eigenvalue weighted by Crippen LogP contribution is -2.40. The molecule has 22 heavy (non-hydrogen) atoms. The minimum absolute atomic E-state index is 0.0385. The van der Waals surface area contributed by atoms with E-state index in [1.165, 1.54) is 37.1 Å². The van der Waals surface area contributed by atoms with Crippen LogP contribution in [0.5, 0.6) is 0 Å². The number of piperidine rings is 1. The molecule has 1 saturated heterocycles. The Hall–Kier alpha value is -1.40. The van der Waals surface area contributed by atoms with E-state index >= 15 is 0 Å². The highest BCUT2D eigenvalue weighted by molar-refractivity contribution is 7.12. The molecule has 0 spiro atoms. The summed E-state index contributed by atoms with van der Waals surface area (Å²) >= 11 is 1.37. The summed E-state index contributed by atoms with van der Waals surface area (Å²) in [4.78, 5) is 26.5. The van der Waals surface area contributed by atoms with Crippen molar-refractivity contribution >= 4 is 23.2 Å². The van der Waals surface area contributed by atoms with Crippen LogP contribution in [0.3, 0.4) is 0 Å². The zero-order chi connectivity index (χ0) is 15.8. The van der Waals surface area contributed by atoms with E-state index in [4.69, 9.17) is 0 Å². The molecule has 1 aromatic heterocycles. The largest absolute Gasteiger partial charge is 0.355 e. The molecule has 0 aromatic carbocycles. The fourth-order valence-corrected chi connectivity index (χ4v) is 3.36. The quantitative estimate of drug-likeness (QED) is 0.753. The molecule has 0 bridgehead atoms. The highest BCUT2D eigenvalue weighted by atomic mass is 32.1. The van der Waals surface area contributed by atoms with Crippen molar-refractivity contribution in [1.29, 1.82) is 0 Å². The van der Waals surface area contributed by atoms with Crippen molar-refractivity contribution in [2.24, 2.45) is 0 Å². The highest BCUT2D eigenvalue weighted by Crippen LogP contribution is 2.16. The lowest BCUT2D eigenvalue weighted by Gasteiger charge is -2.33. The summed E-state index contributed by atoms with van der Waals surface area (Å²) in [7, 11) is 0. The Morgan fingerprint density at radius 2 is 2.23 bits per heavy atom. The number of hydrogen-bond acceptors (Lipinski definition) is 4. The molecular formula is C16H25N3O2S. The SMILES string of the molecule is CC1CCCCN1CCCNC(=O)CNC(=O)c1cccs1. The Balaban J connectivity index is 1.55. The maximum atomic E-state index is 11.7. The summed E-state index contributed by atoms with van der Waals surface area (Å²) in [6.45, 7) is 5.18. The van der Waals surface area contributed by atoms with E-state index in [1.807, 2.05) is 11.4 Å². The monoisotopic (exact) mass is 323 g/mol. The number of carbonyl (C=O) groups is 2. The van der Waals surface area contributed by atoms with Crippen molar-refractivity contribution < 1.29 is 9.59 Å². The maximum absolute atomic E-state index is 11.7. The number of nitrogens with one attached hydrogen (secondary N) is 2. The van der Waals surface area contributed by atoms with Gasteiger partial charge in [0.25, 0.3) is 5.91 Å². The zero-order valence-electron chi connectivity index (χ0n) is 13.1. The Bertz CT molecular complexity index is 476. The number of likely N-dealkylation sites (tertiary alicyclic amines) is 1. The lowest BCUT2D eigenvalue weighted by molar-refractivity contribution is -0.120. The highest BCUT2D eigenvalue weighted by Gasteiger charge is 2.17. The minimum atomic E-state index is -0.188. The van der Waals surface area contributed by atoms with Crippen LogP contribution in [0.1, 0.15) is 42.3 Å². The first kappa shape index (κ1) is 17.0. The van der Waals surface area contributed by atoms with Gasteiger partial charge in [-0.2, -0.15) is 0 Å². The van der Waals surface area contributed by atoms with Crippen molar-refractivity contribution in [1.82, 2.24) is 15.5 Å². The van der Waals surface area contributed by atoms with Crippen LogP contribution >= 0.6 is 11.3 Å². The normalized spacial score (nSPS) is 18.9. The average Bonchev–Trinajstić information content (AvgIpc) is 3.05. The summed E-state index contributed by atoms with van der Waals surface area (Å²) in [6.07, 6.45) is 4.85. The van der Waals surface area contributed by atoms with Gasteiger partial charge >= 0.3 is 0 Å². The summed E-state index contributed by atoms with van der Waals surface area (Å²) in [5.41, 5.74) is 0. The molecule has 1 fully saturated rings. The van der Waals surface area contributed by atoms with Crippen LogP contribution in [0.25, 0.3) is 0 Å². The Morgan fingerprint density at radius 3 is 2.95 bits per heavy atom. The van der Waals surface area contributed by atoms with Crippen molar-refractivity contribution in [3.63, 3.8) is 0 Å². The number of carbonyl (C=O) groups excluding carboxylic acids is 2. The molecule has 0 saturated carbocycles. The molecule has 1 atom stereocenters. The molecule has 1 unspecified atom stereocenters. The van der Waals surface area contributed by atoms with E-state index < -0.39 is 0 Å². The molecule has 5 nitrogen and oxygen atoms in total. The van der Waals surface area contributed by atoms with Crippen LogP contribution < -0.4 is 10.6 Å². The van der Waals surface area contributed by atoms with Gasteiger partial charge in [-0.25, -0.2) is 0 Å². The van der Waals surface area contributed by atoms with Crippen molar-refractivity contribution in [3.05, 3.63) is 22.4 Å². The number of rotatable bonds is 7. The van der Waals surface area contributed by atoms with E-state index in [0.29, 0.717) is 17.5 Å². The third kappa shape index (κ3) is 5.42. The predicted octanol–water partition coefficient (Wildman–Crippen LogP) is 1.86. The number of hydrogen-bond donors (Lipinski definition) is 2. The first-order valence-electron chi connectivity index (χ1n) is 7.99. The Morgan fingerprint density at radius 1 is 1.36 bits per heavy atom. The van der Waals surface area contributed by atoms with Crippen LogP contribution in [-0.2, 0) is 4.79 Å². The van der Waals surface area contributed by atoms with E-state index in [2.05, 4.69) is 22.5 Å². The van der Waals surface area contributed by atoms with E-state index in [-0.39, 0.29) is 18.4 Å². The molecule has 0 aliphatic carbocycles. The molecule has 0 radical (unpaired) electrons. The lowest BCUT2D eigenvalue weighted by atomic mass is 10.0. The number of thiophene rings is 1. The van der Waals surface area contributed by atoms with Gasteiger partial charge in [0, 0.05) is 19.1 Å². The van der Waals surface area contributed by atoms with E-state index in [0.717, 1.165) is 13.0 Å². The second-order valence-corrected chi connectivity index (χ2v) is 6.69. The molecule has 122 valence electrons. The molecule has 1 aliphatic heterocycles. The Kier molecular flexibility index (Phi) is 6.86. The van der Waals surface area contributed by atoms with Gasteiger partial charge in [0.1, 0.15) is 0 Å². The van der Waals surface area contributed by atoms with Crippen LogP contribution in [0.4, 0.5) is 0 Å². The third-order valence-corrected chi connectivity index (χ3v) is 4.91. The molecule has 6 heteroatoms. The average molecular weight is 323 g/mol. The molecule has 2 heterocycles. The summed E-state index contributed by atoms with van der Waals surface area (Å²) in [6, 6.07) is 4.23. The minimum Gasteiger partial charge on any atom is -0.355 e. The second kappa shape index (κ2) is 8.90. The first-order chi connectivity index (χ1) is 10.7. The van der Waals surface area contributed by atoms with Gasteiger partial charge in [-0.15, -0.1) is 11.3 Å². The first-order valence-corrected chi connectivity index (χ1v) is 8.87. The predicted molar refractivity (Wildman–Crippen MR) is 89.2 cm³/mol. The van der Waals surface area contributed by atoms with E-state index in [9.17, 15) is 9.59 Å². The van der Waals surface area contributed by atoms with Crippen molar-refractivity contribution in [2.75, 3.05) is 26.2 Å². The van der Waals surface area contributed by atoms with Gasteiger partial charge in [-0.1, -0.05) is 12.5 Å². The molecule has 2 rings (SSSR count). The van der Waals surface area contributed by atoms with Crippen LogP contribution in [0.15, 0.2) is 17.5 Å². The molecule has 1 aromatic rings. The van der Waals surface area contributed by atoms with Crippen molar-refractivity contribution in [2.45, 2.75) is 38.6 Å². The summed E-state index contributed by atoms with van der Waals surface area (Å²) < 4.78 is 0. The number of amides is 2. The van der Waals surface area contributed by atoms with Gasteiger partial charge in [-0.3, -0.25) is 9.59 Å².